The molecule has 1 fully saturated rings. The van der Waals surface area contributed by atoms with Crippen molar-refractivity contribution in [3.05, 3.63) is 51.6 Å². The Morgan fingerprint density at radius 3 is 2.45 bits per heavy atom. The van der Waals surface area contributed by atoms with Crippen LogP contribution in [-0.2, 0) is 20.7 Å². The molecule has 3 aliphatic rings. The first-order valence-electron chi connectivity index (χ1n) is 14.7. The lowest BCUT2D eigenvalue weighted by atomic mass is 9.72. The maximum absolute atomic E-state index is 13.8. The van der Waals surface area contributed by atoms with E-state index < -0.39 is 95.7 Å². The van der Waals surface area contributed by atoms with Gasteiger partial charge in [-0.25, -0.2) is 0 Å². The zero-order valence-corrected chi connectivity index (χ0v) is 25.3. The molecule has 0 amide bonds. The first-order valence-corrected chi connectivity index (χ1v) is 14.7. The molecule has 0 unspecified atom stereocenters. The van der Waals surface area contributed by atoms with Gasteiger partial charge in [0.2, 0.25) is 5.78 Å². The van der Waals surface area contributed by atoms with E-state index in [-0.39, 0.29) is 40.0 Å². The van der Waals surface area contributed by atoms with Crippen LogP contribution >= 0.6 is 0 Å². The van der Waals surface area contributed by atoms with Crippen LogP contribution in [0.5, 0.6) is 17.2 Å². The first kappa shape index (κ1) is 32.0. The minimum absolute atomic E-state index is 0.0431. The third-order valence-electron chi connectivity index (χ3n) is 9.22. The van der Waals surface area contributed by atoms with Crippen molar-refractivity contribution in [2.75, 3.05) is 13.7 Å². The fraction of sp³-hybridized carbons (Fsp3) is 0.531. The number of phenols is 2. The van der Waals surface area contributed by atoms with E-state index in [1.54, 1.807) is 6.92 Å². The third-order valence-corrected chi connectivity index (χ3v) is 9.22. The minimum atomic E-state index is -2.24. The van der Waals surface area contributed by atoms with E-state index >= 15 is 0 Å². The van der Waals surface area contributed by atoms with Crippen molar-refractivity contribution in [3.8, 4) is 17.2 Å². The number of rotatable bonds is 8. The number of aliphatic hydroxyl groups is 3. The molecule has 12 nitrogen and oxygen atoms in total. The van der Waals surface area contributed by atoms with Gasteiger partial charge >= 0.3 is 0 Å². The number of ketones is 3. The molecular formula is C32H39NO11. The van der Waals surface area contributed by atoms with Crippen LogP contribution in [0.1, 0.15) is 96.0 Å². The second-order valence-electron chi connectivity index (χ2n) is 12.5. The Balaban J connectivity index is 1.62. The average molecular weight is 614 g/mol. The molecule has 238 valence electrons. The van der Waals surface area contributed by atoms with Gasteiger partial charge in [-0.2, -0.15) is 0 Å². The van der Waals surface area contributed by atoms with Gasteiger partial charge in [0.1, 0.15) is 29.5 Å². The van der Waals surface area contributed by atoms with Crippen molar-refractivity contribution in [1.29, 1.82) is 0 Å². The number of hydrogen-bond donors (Lipinski definition) is 6. The molecule has 1 saturated heterocycles. The Morgan fingerprint density at radius 2 is 1.82 bits per heavy atom. The van der Waals surface area contributed by atoms with Crippen LogP contribution in [0.4, 0.5) is 0 Å². The molecule has 1 heterocycles. The minimum Gasteiger partial charge on any atom is -0.507 e. The van der Waals surface area contributed by atoms with Gasteiger partial charge in [0, 0.05) is 47.5 Å². The maximum atomic E-state index is 13.8. The van der Waals surface area contributed by atoms with Gasteiger partial charge in [-0.3, -0.25) is 14.4 Å². The summed E-state index contributed by atoms with van der Waals surface area (Å²) >= 11 is 0. The normalized spacial score (nSPS) is 28.2. The lowest BCUT2D eigenvalue weighted by Gasteiger charge is -2.44. The summed E-state index contributed by atoms with van der Waals surface area (Å²) in [4.78, 5) is 40.3. The predicted octanol–water partition coefficient (Wildman–Crippen LogP) is 1.82. The summed E-state index contributed by atoms with van der Waals surface area (Å²) in [5.41, 5.74) is -3.86. The number of ether oxygens (including phenoxy) is 3. The van der Waals surface area contributed by atoms with E-state index in [4.69, 9.17) is 14.2 Å². The van der Waals surface area contributed by atoms with E-state index in [2.05, 4.69) is 5.32 Å². The van der Waals surface area contributed by atoms with Gasteiger partial charge in [0.05, 0.1) is 42.1 Å². The number of aliphatic hydroxyl groups excluding tert-OH is 2. The van der Waals surface area contributed by atoms with Crippen molar-refractivity contribution in [2.45, 2.75) is 95.2 Å². The second-order valence-corrected chi connectivity index (χ2v) is 12.5. The Bertz CT molecular complexity index is 1520. The van der Waals surface area contributed by atoms with Gasteiger partial charge in [0.25, 0.3) is 0 Å². The van der Waals surface area contributed by atoms with Crippen molar-refractivity contribution in [3.63, 3.8) is 0 Å². The average Bonchev–Trinajstić information content (AvgIpc) is 2.98. The van der Waals surface area contributed by atoms with Gasteiger partial charge in [-0.1, -0.05) is 19.1 Å². The number of phenolic OH excluding ortho intramolecular Hbond substituents is 2. The molecule has 0 aromatic heterocycles. The fourth-order valence-electron chi connectivity index (χ4n) is 6.46. The van der Waals surface area contributed by atoms with Crippen LogP contribution in [0, 0.1) is 0 Å². The summed E-state index contributed by atoms with van der Waals surface area (Å²) in [5.74, 6) is -3.69. The molecule has 2 aromatic carbocycles. The molecule has 0 saturated carbocycles. The van der Waals surface area contributed by atoms with Gasteiger partial charge in [-0.15, -0.1) is 0 Å². The number of benzene rings is 2. The lowest BCUT2D eigenvalue weighted by molar-refractivity contribution is -0.251. The molecule has 0 spiro atoms. The highest BCUT2D eigenvalue weighted by Gasteiger charge is 2.50. The summed E-state index contributed by atoms with van der Waals surface area (Å²) < 4.78 is 17.5. The number of Topliss-reactive ketones (excluding diaryl/α,β-unsaturated/α-hetero) is 1. The van der Waals surface area contributed by atoms with Crippen molar-refractivity contribution in [2.24, 2.45) is 0 Å². The molecule has 0 radical (unpaired) electrons. The summed E-state index contributed by atoms with van der Waals surface area (Å²) in [6.45, 7) is 6.64. The third kappa shape index (κ3) is 5.19. The Labute approximate surface area is 254 Å². The predicted molar refractivity (Wildman–Crippen MR) is 155 cm³/mol. The highest BCUT2D eigenvalue weighted by molar-refractivity contribution is 6.31. The molecule has 2 aromatic rings. The maximum Gasteiger partial charge on any atom is 0.202 e. The van der Waals surface area contributed by atoms with Crippen LogP contribution in [-0.4, -0.2) is 92.3 Å². The van der Waals surface area contributed by atoms with Gasteiger partial charge < -0.3 is 45.1 Å². The summed E-state index contributed by atoms with van der Waals surface area (Å²) in [7, 11) is 1.34. The highest BCUT2D eigenvalue weighted by atomic mass is 16.7. The van der Waals surface area contributed by atoms with E-state index in [1.807, 2.05) is 20.8 Å². The Kier molecular flexibility index (Phi) is 8.38. The monoisotopic (exact) mass is 613 g/mol. The smallest absolute Gasteiger partial charge is 0.202 e. The summed E-state index contributed by atoms with van der Waals surface area (Å²) in [6, 6.07) is 3.94. The lowest BCUT2D eigenvalue weighted by Crippen LogP contribution is -2.59. The highest BCUT2D eigenvalue weighted by Crippen LogP contribution is 2.52. The zero-order valence-electron chi connectivity index (χ0n) is 25.3. The molecule has 5 rings (SSSR count). The fourth-order valence-corrected chi connectivity index (χ4v) is 6.46. The topological polar surface area (TPSA) is 192 Å². The zero-order chi connectivity index (χ0) is 32.3. The van der Waals surface area contributed by atoms with E-state index in [0.717, 1.165) is 6.42 Å². The first-order chi connectivity index (χ1) is 20.7. The number of fused-ring (bicyclic) bond motifs is 3. The number of aromatic hydroxyl groups is 2. The van der Waals surface area contributed by atoms with Crippen LogP contribution < -0.4 is 10.1 Å². The largest absolute Gasteiger partial charge is 0.507 e. The van der Waals surface area contributed by atoms with Crippen LogP contribution in [0.15, 0.2) is 18.2 Å². The molecule has 1 aliphatic heterocycles. The molecule has 2 aliphatic carbocycles. The number of methoxy groups -OCH3 is 1. The van der Waals surface area contributed by atoms with E-state index in [1.165, 1.54) is 25.3 Å². The molecule has 44 heavy (non-hydrogen) atoms. The van der Waals surface area contributed by atoms with Crippen molar-refractivity contribution < 1.29 is 54.1 Å². The van der Waals surface area contributed by atoms with Crippen LogP contribution in [0.2, 0.25) is 0 Å². The number of nitrogens with one attached hydrogen (secondary N) is 1. The molecule has 6 atom stereocenters. The SMILES string of the molecule is CCC(C)(C)N[C@H]1C[C@H](O[C@H]2C[C@](O)(C(=O)CO)Cc3c(O)c4c(c(O)c32)C(=O)c2c(OC)cccc2C4=O)O[C@@H](C)[C@H]1O. The molecule has 0 bridgehead atoms. The molecule has 6 N–H and O–H groups in total. The van der Waals surface area contributed by atoms with Gasteiger partial charge in [-0.05, 0) is 33.3 Å². The number of carbonyl (C=O) groups is 3. The van der Waals surface area contributed by atoms with Crippen molar-refractivity contribution >= 4 is 17.3 Å². The number of carbonyl (C=O) groups excluding carboxylic acids is 3. The molecular weight excluding hydrogens is 574 g/mol. The quantitative estimate of drug-likeness (QED) is 0.202. The number of hydrogen-bond acceptors (Lipinski definition) is 12. The van der Waals surface area contributed by atoms with E-state index in [0.29, 0.717) is 0 Å². The summed E-state index contributed by atoms with van der Waals surface area (Å²) in [6.07, 6.45) is -4.01. The van der Waals surface area contributed by atoms with Crippen LogP contribution in [0.3, 0.4) is 0 Å². The standard InChI is InChI=1S/C32H39NO11/c1-6-31(3,4)33-17-10-21(43-14(2)26(17)36)44-19-12-32(41,20(35)13-34)11-16-23(19)30(40)25-24(28(16)38)27(37)15-8-7-9-18(42-5)22(15)29(25)39/h7-9,14,17,19,21,26,33-34,36,38,40-41H,6,10-13H2,1-5H3/t14-,17-,19-,21-,26+,32-/m0/s1. The van der Waals surface area contributed by atoms with Crippen molar-refractivity contribution in [1.82, 2.24) is 5.32 Å². The summed E-state index contributed by atoms with van der Waals surface area (Å²) in [5, 5.41) is 58.5. The Hall–Kier alpha value is -3.39. The van der Waals surface area contributed by atoms with Crippen LogP contribution in [0.25, 0.3) is 0 Å². The molecule has 12 heteroatoms. The Morgan fingerprint density at radius 1 is 1.14 bits per heavy atom. The van der Waals surface area contributed by atoms with Gasteiger partial charge in [0.15, 0.2) is 17.9 Å². The van der Waals surface area contributed by atoms with E-state index in [9.17, 15) is 39.9 Å². The second kappa shape index (κ2) is 11.5.